The molecule has 6 aliphatic carbocycles. The second-order valence-electron chi connectivity index (χ2n) is 25.5. The summed E-state index contributed by atoms with van der Waals surface area (Å²) in [5, 5.41) is 11.9. The van der Waals surface area contributed by atoms with Crippen molar-refractivity contribution in [3.8, 4) is 32.4 Å². The zero-order valence-electron chi connectivity index (χ0n) is 50.5. The summed E-state index contributed by atoms with van der Waals surface area (Å²) in [6, 6.07) is 30.1. The molecule has 2 amide bonds. The first-order valence-corrected chi connectivity index (χ1v) is 33.3. The third kappa shape index (κ3) is 14.7. The average molecular weight is 1190 g/mol. The Bertz CT molecular complexity index is 3280. The molecule has 14 heteroatoms. The molecule has 450 valence electrons. The van der Waals surface area contributed by atoms with Crippen LogP contribution < -0.4 is 19.3 Å². The Hall–Kier alpha value is -6.38. The van der Waals surface area contributed by atoms with E-state index in [9.17, 15) is 24.3 Å². The number of carboxylic acid groups (broad SMARTS) is 1. The lowest BCUT2D eigenvalue weighted by atomic mass is 9.77. The molecule has 0 bridgehead atoms. The van der Waals surface area contributed by atoms with Gasteiger partial charge in [0.05, 0.1) is 52.9 Å². The molecule has 0 radical (unpaired) electrons. The summed E-state index contributed by atoms with van der Waals surface area (Å²) in [5.74, 6) is 4.02. The summed E-state index contributed by atoms with van der Waals surface area (Å²) in [7, 11) is 4.90. The molecule has 6 saturated carbocycles. The molecule has 0 aliphatic heterocycles. The first-order chi connectivity index (χ1) is 41.3. The largest absolute Gasteiger partial charge is 0.496 e. The Morgan fingerprint density at radius 1 is 0.482 bits per heavy atom. The van der Waals surface area contributed by atoms with Crippen LogP contribution in [-0.2, 0) is 23.9 Å². The van der Waals surface area contributed by atoms with E-state index in [0.717, 1.165) is 110 Å². The maximum absolute atomic E-state index is 14.2. The van der Waals surface area contributed by atoms with E-state index in [4.69, 9.17) is 19.2 Å². The highest BCUT2D eigenvalue weighted by Gasteiger charge is 2.37. The van der Waals surface area contributed by atoms with Crippen molar-refractivity contribution in [3.63, 3.8) is 0 Å². The van der Waals surface area contributed by atoms with E-state index in [2.05, 4.69) is 109 Å². The van der Waals surface area contributed by atoms with Crippen LogP contribution >= 0.6 is 22.7 Å². The summed E-state index contributed by atoms with van der Waals surface area (Å²) in [5.41, 5.74) is 9.32. The van der Waals surface area contributed by atoms with Crippen LogP contribution in [0.25, 0.3) is 20.9 Å². The number of aryl methyl sites for hydroxylation is 2. The molecule has 6 aromatic rings. The van der Waals surface area contributed by atoms with Gasteiger partial charge in [0.15, 0.2) is 0 Å². The Balaban J connectivity index is 0.000000177. The van der Waals surface area contributed by atoms with Crippen LogP contribution in [0.1, 0.15) is 184 Å². The molecule has 2 heterocycles. The maximum atomic E-state index is 14.2. The molecular formula is C71H86N4O8S2. The van der Waals surface area contributed by atoms with Gasteiger partial charge >= 0.3 is 11.9 Å². The Morgan fingerprint density at radius 3 is 1.24 bits per heavy atom. The Kier molecular flexibility index (Phi) is 19.5. The first-order valence-electron chi connectivity index (χ1n) is 31.7. The number of aliphatic carboxylic acids is 1. The van der Waals surface area contributed by atoms with Crippen LogP contribution in [0.4, 0.5) is 11.4 Å². The van der Waals surface area contributed by atoms with Gasteiger partial charge in [0, 0.05) is 60.5 Å². The molecule has 6 fully saturated rings. The zero-order valence-corrected chi connectivity index (χ0v) is 52.1. The number of methoxy groups -OCH3 is 3. The number of rotatable bonds is 18. The van der Waals surface area contributed by atoms with Gasteiger partial charge in [-0.2, -0.15) is 0 Å². The third-order valence-corrected chi connectivity index (χ3v) is 22.1. The lowest BCUT2D eigenvalue weighted by molar-refractivity contribution is -0.147. The average Bonchev–Trinajstić information content (AvgIpc) is 4.64. The number of benzene rings is 4. The van der Waals surface area contributed by atoms with Gasteiger partial charge in [-0.15, -0.1) is 22.7 Å². The van der Waals surface area contributed by atoms with Crippen LogP contribution in [0.2, 0.25) is 0 Å². The number of hydrogen-bond donors (Lipinski definition) is 1. The molecule has 12 nitrogen and oxygen atoms in total. The summed E-state index contributed by atoms with van der Waals surface area (Å²) in [6.07, 6.45) is 23.2. The molecule has 2 aromatic heterocycles. The minimum absolute atomic E-state index is 0.0620. The molecule has 0 unspecified atom stereocenters. The van der Waals surface area contributed by atoms with Gasteiger partial charge in [-0.05, 0) is 236 Å². The van der Waals surface area contributed by atoms with Crippen molar-refractivity contribution in [1.29, 1.82) is 0 Å². The number of anilines is 2. The van der Waals surface area contributed by atoms with Crippen LogP contribution in [0.5, 0.6) is 11.5 Å². The molecule has 12 rings (SSSR count). The third-order valence-electron chi connectivity index (χ3n) is 19.7. The Morgan fingerprint density at radius 2 is 0.871 bits per heavy atom. The number of esters is 1. The van der Waals surface area contributed by atoms with E-state index in [1.165, 1.54) is 69.9 Å². The smallest absolute Gasteiger partial charge is 0.308 e. The van der Waals surface area contributed by atoms with E-state index in [1.54, 1.807) is 36.9 Å². The van der Waals surface area contributed by atoms with E-state index in [0.29, 0.717) is 80.6 Å². The minimum atomic E-state index is -0.732. The van der Waals surface area contributed by atoms with Crippen molar-refractivity contribution in [2.75, 3.05) is 44.2 Å². The van der Waals surface area contributed by atoms with Gasteiger partial charge in [0.1, 0.15) is 11.5 Å². The fourth-order valence-corrected chi connectivity index (χ4v) is 16.3. The van der Waals surface area contributed by atoms with Crippen molar-refractivity contribution in [3.05, 3.63) is 130 Å². The second-order valence-corrected chi connectivity index (χ2v) is 27.6. The van der Waals surface area contributed by atoms with Gasteiger partial charge < -0.3 is 29.1 Å². The van der Waals surface area contributed by atoms with E-state index >= 15 is 0 Å². The minimum Gasteiger partial charge on any atom is -0.496 e. The molecule has 0 saturated heterocycles. The predicted octanol–water partition coefficient (Wildman–Crippen LogP) is 16.5. The Labute approximate surface area is 511 Å². The van der Waals surface area contributed by atoms with Gasteiger partial charge in [-0.25, -0.2) is 9.97 Å². The number of nitrogens with zero attached hydrogens (tertiary/aromatic N) is 4. The lowest BCUT2D eigenvalue weighted by Gasteiger charge is -2.36. The lowest BCUT2D eigenvalue weighted by Crippen LogP contribution is -2.42. The highest BCUT2D eigenvalue weighted by Crippen LogP contribution is 2.47. The number of carboxylic acids is 1. The van der Waals surface area contributed by atoms with Crippen LogP contribution in [0.3, 0.4) is 0 Å². The number of amides is 2. The van der Waals surface area contributed by atoms with Crippen LogP contribution in [0.15, 0.2) is 97.3 Å². The zero-order chi connectivity index (χ0) is 59.1. The standard InChI is InChI=1S/C36H44N2O4S.C35H42N2O4S/c1-23-19-29(17-18-32(23)41-2)25-9-7-24(8-10-25)22-38(35(39)27-13-15-28(16-14-27)36(40)42-3)31-6-4-5-30(20-31)33-21-37-34(43-33)26-11-12-26;1-22-18-28(16-17-31(22)41-2)24-8-6-23(7-9-24)21-37(34(38)26-12-14-27(15-13-26)35(39)40)30-5-3-4-29(19-30)32-20-36-33(42-32)25-10-11-25/h4-6,17-21,24-28H,7-16,22H2,1-3H3;3-5,16-20,23-27H,6-15,21H2,1-2H3,(H,39,40). The van der Waals surface area contributed by atoms with E-state index < -0.39 is 5.97 Å². The summed E-state index contributed by atoms with van der Waals surface area (Å²) in [6.45, 7) is 5.67. The van der Waals surface area contributed by atoms with Crippen LogP contribution in [-0.4, -0.2) is 73.2 Å². The van der Waals surface area contributed by atoms with E-state index in [-0.39, 0.29) is 41.5 Å². The summed E-state index contributed by atoms with van der Waals surface area (Å²) >= 11 is 3.56. The second kappa shape index (κ2) is 27.5. The molecule has 6 aliphatic rings. The number of carbonyl (C=O) groups is 4. The van der Waals surface area contributed by atoms with Crippen molar-refractivity contribution >= 4 is 57.8 Å². The summed E-state index contributed by atoms with van der Waals surface area (Å²) in [4.78, 5) is 67.9. The normalized spacial score (nSPS) is 24.1. The molecule has 0 atom stereocenters. The van der Waals surface area contributed by atoms with Crippen LogP contribution in [0, 0.1) is 49.4 Å². The number of aromatic nitrogens is 2. The van der Waals surface area contributed by atoms with Crippen molar-refractivity contribution in [1.82, 2.24) is 9.97 Å². The summed E-state index contributed by atoms with van der Waals surface area (Å²) < 4.78 is 15.9. The number of ether oxygens (including phenoxy) is 3. The highest BCUT2D eigenvalue weighted by atomic mass is 32.1. The SMILES string of the molecule is COC(=O)C1CCC(C(=O)N(CC2CCC(c3ccc(OC)c(C)c3)CC2)c2cccc(-c3cnc(C4CC4)s3)c2)CC1.COc1ccc(C2CCC(CN(C(=O)C3CCC(C(=O)O)CC3)c3cccc(-c4cnc(C5CC5)s4)c3)CC2)cc1C. The highest BCUT2D eigenvalue weighted by molar-refractivity contribution is 7.15. The number of hydrogen-bond acceptors (Lipinski definition) is 11. The molecule has 85 heavy (non-hydrogen) atoms. The topological polar surface area (TPSA) is 148 Å². The number of carbonyl (C=O) groups excluding carboxylic acids is 3. The fraction of sp³-hybridized carbons (Fsp3) is 0.521. The molecular weight excluding hydrogens is 1100 g/mol. The van der Waals surface area contributed by atoms with Gasteiger partial charge in [-0.3, -0.25) is 19.2 Å². The van der Waals surface area contributed by atoms with Crippen molar-refractivity contribution in [2.45, 2.75) is 166 Å². The van der Waals surface area contributed by atoms with Gasteiger partial charge in [0.25, 0.3) is 0 Å². The van der Waals surface area contributed by atoms with Crippen molar-refractivity contribution in [2.24, 2.45) is 35.5 Å². The molecule has 4 aromatic carbocycles. The quantitative estimate of drug-likeness (QED) is 0.0825. The van der Waals surface area contributed by atoms with Gasteiger partial charge in [-0.1, -0.05) is 48.5 Å². The molecule has 1 N–H and O–H groups in total. The number of thiazole rings is 2. The first kappa shape index (κ1) is 60.3. The van der Waals surface area contributed by atoms with E-state index in [1.807, 2.05) is 17.3 Å². The maximum Gasteiger partial charge on any atom is 0.308 e. The molecule has 0 spiro atoms. The predicted molar refractivity (Wildman–Crippen MR) is 339 cm³/mol. The monoisotopic (exact) mass is 1190 g/mol. The van der Waals surface area contributed by atoms with Crippen molar-refractivity contribution < 1.29 is 38.5 Å². The van der Waals surface area contributed by atoms with Gasteiger partial charge in [0.2, 0.25) is 11.8 Å². The fourth-order valence-electron chi connectivity index (χ4n) is 14.1.